The molecule has 0 bridgehead atoms. The first-order valence-corrected chi connectivity index (χ1v) is 7.64. The van der Waals surface area contributed by atoms with Gasteiger partial charge in [0.2, 0.25) is 0 Å². The Kier molecular flexibility index (Phi) is 3.99. The molecule has 1 aliphatic rings. The van der Waals surface area contributed by atoms with Gasteiger partial charge in [0.25, 0.3) is 11.6 Å². The van der Waals surface area contributed by atoms with E-state index in [1.807, 2.05) is 0 Å². The monoisotopic (exact) mass is 317 g/mol. The average Bonchev–Trinajstić information content (AvgIpc) is 2.97. The molecular formula is C15H19N5O3. The van der Waals surface area contributed by atoms with E-state index in [2.05, 4.69) is 17.1 Å². The molecule has 1 saturated heterocycles. The Morgan fingerprint density at radius 1 is 1.57 bits per heavy atom. The van der Waals surface area contributed by atoms with Crippen molar-refractivity contribution in [2.45, 2.75) is 25.8 Å². The molecular weight excluding hydrogens is 298 g/mol. The van der Waals surface area contributed by atoms with E-state index >= 15 is 0 Å². The summed E-state index contributed by atoms with van der Waals surface area (Å²) < 4.78 is 0. The van der Waals surface area contributed by atoms with E-state index in [0.717, 1.165) is 12.8 Å². The highest BCUT2D eigenvalue weighted by Crippen LogP contribution is 2.27. The van der Waals surface area contributed by atoms with Crippen LogP contribution in [-0.2, 0) is 0 Å². The maximum absolute atomic E-state index is 12.8. The summed E-state index contributed by atoms with van der Waals surface area (Å²) in [5.41, 5.74) is 6.58. The van der Waals surface area contributed by atoms with Crippen LogP contribution < -0.4 is 5.73 Å². The zero-order chi connectivity index (χ0) is 16.6. The Hall–Kier alpha value is -2.48. The Labute approximate surface area is 132 Å². The molecule has 1 fully saturated rings. The number of nitro benzene ring substituents is 1. The average molecular weight is 317 g/mol. The smallest absolute Gasteiger partial charge is 0.275 e. The summed E-state index contributed by atoms with van der Waals surface area (Å²) in [5.74, 6) is 0.309. The summed E-state index contributed by atoms with van der Waals surface area (Å²) in [6, 6.07) is 4.32. The number of benzene rings is 1. The summed E-state index contributed by atoms with van der Waals surface area (Å²) >= 11 is 0. The van der Waals surface area contributed by atoms with Crippen molar-refractivity contribution in [3.63, 3.8) is 0 Å². The Morgan fingerprint density at radius 3 is 3.04 bits per heavy atom. The third-order valence-electron chi connectivity index (χ3n) is 4.47. The van der Waals surface area contributed by atoms with Gasteiger partial charge in [-0.15, -0.1) is 0 Å². The molecule has 8 heteroatoms. The van der Waals surface area contributed by atoms with Crippen molar-refractivity contribution in [3.8, 4) is 0 Å². The number of hydrogen-bond acceptors (Lipinski definition) is 5. The second-order valence-corrected chi connectivity index (χ2v) is 6.08. The lowest BCUT2D eigenvalue weighted by atomic mass is 9.92. The fourth-order valence-corrected chi connectivity index (χ4v) is 3.16. The molecule has 2 atom stereocenters. The topological polar surface area (TPSA) is 118 Å². The van der Waals surface area contributed by atoms with Gasteiger partial charge in [-0.25, -0.2) is 0 Å². The number of non-ortho nitro benzene ring substituents is 1. The van der Waals surface area contributed by atoms with Gasteiger partial charge in [-0.2, -0.15) is 5.10 Å². The van der Waals surface area contributed by atoms with Crippen LogP contribution in [0.3, 0.4) is 0 Å². The predicted octanol–water partition coefficient (Wildman–Crippen LogP) is 1.67. The summed E-state index contributed by atoms with van der Waals surface area (Å²) in [6.07, 6.45) is 1.79. The summed E-state index contributed by atoms with van der Waals surface area (Å²) in [6.45, 7) is 3.18. The molecule has 8 nitrogen and oxygen atoms in total. The number of carbonyl (C=O) groups is 1. The van der Waals surface area contributed by atoms with Gasteiger partial charge >= 0.3 is 0 Å². The van der Waals surface area contributed by atoms with E-state index in [-0.39, 0.29) is 23.3 Å². The van der Waals surface area contributed by atoms with Gasteiger partial charge in [-0.1, -0.05) is 6.92 Å². The first kappa shape index (κ1) is 15.4. The van der Waals surface area contributed by atoms with Gasteiger partial charge in [0.1, 0.15) is 0 Å². The zero-order valence-corrected chi connectivity index (χ0v) is 12.9. The van der Waals surface area contributed by atoms with Crippen molar-refractivity contribution < 1.29 is 9.72 Å². The van der Waals surface area contributed by atoms with Crippen LogP contribution in [-0.4, -0.2) is 45.1 Å². The first-order chi connectivity index (χ1) is 11.0. The largest absolute Gasteiger partial charge is 0.333 e. The zero-order valence-electron chi connectivity index (χ0n) is 12.9. The van der Waals surface area contributed by atoms with Crippen LogP contribution >= 0.6 is 0 Å². The third kappa shape index (κ3) is 2.77. The van der Waals surface area contributed by atoms with Gasteiger partial charge in [0.05, 0.1) is 10.4 Å². The maximum atomic E-state index is 12.8. The minimum atomic E-state index is -0.480. The standard InChI is InChI=1S/C15H19N5O3/c1-9-4-5-19(11(6-9)8-16)15(21)14-12-7-10(20(22)23)2-3-13(12)17-18-14/h2-3,7,9,11H,4-6,8,16H2,1H3,(H,17,18). The first-order valence-electron chi connectivity index (χ1n) is 7.64. The minimum Gasteiger partial charge on any atom is -0.333 e. The molecule has 2 unspecified atom stereocenters. The molecule has 3 rings (SSSR count). The van der Waals surface area contributed by atoms with Crippen molar-refractivity contribution in [2.24, 2.45) is 11.7 Å². The Balaban J connectivity index is 1.97. The molecule has 3 N–H and O–H groups in total. The molecule has 0 radical (unpaired) electrons. The summed E-state index contributed by atoms with van der Waals surface area (Å²) in [5, 5.41) is 18.3. The molecule has 122 valence electrons. The molecule has 1 aromatic carbocycles. The molecule has 1 amide bonds. The van der Waals surface area contributed by atoms with Crippen LogP contribution in [0.4, 0.5) is 5.69 Å². The normalized spacial score (nSPS) is 21.6. The van der Waals surface area contributed by atoms with Crippen LogP contribution in [0.25, 0.3) is 10.9 Å². The molecule has 1 aliphatic heterocycles. The van der Waals surface area contributed by atoms with Crippen LogP contribution in [0.15, 0.2) is 18.2 Å². The van der Waals surface area contributed by atoms with Crippen molar-refractivity contribution in [1.82, 2.24) is 15.1 Å². The molecule has 0 aliphatic carbocycles. The quantitative estimate of drug-likeness (QED) is 0.659. The number of fused-ring (bicyclic) bond motifs is 1. The number of H-pyrrole nitrogens is 1. The number of aromatic amines is 1. The molecule has 1 aromatic heterocycles. The molecule has 0 spiro atoms. The maximum Gasteiger partial charge on any atom is 0.275 e. The SMILES string of the molecule is CC1CCN(C(=O)c2n[nH]c3ccc([N+](=O)[O-])cc23)C(CN)C1. The number of piperidine rings is 1. The fraction of sp³-hybridized carbons (Fsp3) is 0.467. The number of nitrogens with two attached hydrogens (primary N) is 1. The van der Waals surface area contributed by atoms with Crippen LogP contribution in [0.5, 0.6) is 0 Å². The van der Waals surface area contributed by atoms with Gasteiger partial charge in [0, 0.05) is 36.7 Å². The van der Waals surface area contributed by atoms with Crippen molar-refractivity contribution in [1.29, 1.82) is 0 Å². The molecule has 2 aromatic rings. The van der Waals surface area contributed by atoms with E-state index in [9.17, 15) is 14.9 Å². The summed E-state index contributed by atoms with van der Waals surface area (Å²) in [7, 11) is 0. The van der Waals surface area contributed by atoms with Gasteiger partial charge < -0.3 is 10.6 Å². The van der Waals surface area contributed by atoms with Gasteiger partial charge in [-0.05, 0) is 24.8 Å². The molecule has 2 heterocycles. The lowest BCUT2D eigenvalue weighted by Crippen LogP contribution is -2.49. The highest BCUT2D eigenvalue weighted by Gasteiger charge is 2.31. The number of carbonyl (C=O) groups excluding carboxylic acids is 1. The van der Waals surface area contributed by atoms with Crippen LogP contribution in [0.1, 0.15) is 30.3 Å². The van der Waals surface area contributed by atoms with Crippen LogP contribution in [0, 0.1) is 16.0 Å². The van der Waals surface area contributed by atoms with E-state index in [0.29, 0.717) is 29.9 Å². The fourth-order valence-electron chi connectivity index (χ4n) is 3.16. The molecule has 23 heavy (non-hydrogen) atoms. The second kappa shape index (κ2) is 5.96. The number of hydrogen-bond donors (Lipinski definition) is 2. The number of likely N-dealkylation sites (tertiary alicyclic amines) is 1. The van der Waals surface area contributed by atoms with Gasteiger partial charge in [0.15, 0.2) is 5.69 Å². The Morgan fingerprint density at radius 2 is 2.35 bits per heavy atom. The van der Waals surface area contributed by atoms with Gasteiger partial charge in [-0.3, -0.25) is 20.0 Å². The lowest BCUT2D eigenvalue weighted by Gasteiger charge is -2.37. The number of aromatic nitrogens is 2. The highest BCUT2D eigenvalue weighted by molar-refractivity contribution is 6.05. The predicted molar refractivity (Wildman–Crippen MR) is 85.0 cm³/mol. The molecule has 0 saturated carbocycles. The van der Waals surface area contributed by atoms with Crippen molar-refractivity contribution in [2.75, 3.05) is 13.1 Å². The minimum absolute atomic E-state index is 0.0169. The second-order valence-electron chi connectivity index (χ2n) is 6.08. The van der Waals surface area contributed by atoms with Crippen molar-refractivity contribution in [3.05, 3.63) is 34.0 Å². The van der Waals surface area contributed by atoms with E-state index in [1.165, 1.54) is 12.1 Å². The lowest BCUT2D eigenvalue weighted by molar-refractivity contribution is -0.384. The summed E-state index contributed by atoms with van der Waals surface area (Å²) in [4.78, 5) is 25.1. The number of rotatable bonds is 3. The number of nitro groups is 1. The van der Waals surface area contributed by atoms with Crippen LogP contribution in [0.2, 0.25) is 0 Å². The Bertz CT molecular complexity index is 757. The number of nitrogens with zero attached hydrogens (tertiary/aromatic N) is 3. The number of amides is 1. The highest BCUT2D eigenvalue weighted by atomic mass is 16.6. The van der Waals surface area contributed by atoms with E-state index in [4.69, 9.17) is 5.73 Å². The van der Waals surface area contributed by atoms with Crippen molar-refractivity contribution >= 4 is 22.5 Å². The number of nitrogens with one attached hydrogen (secondary N) is 1. The van der Waals surface area contributed by atoms with E-state index in [1.54, 1.807) is 11.0 Å². The third-order valence-corrected chi connectivity index (χ3v) is 4.47. The van der Waals surface area contributed by atoms with E-state index < -0.39 is 4.92 Å².